The Kier molecular flexibility index (Phi) is 4.88. The van der Waals surface area contributed by atoms with Crippen molar-refractivity contribution in [3.63, 3.8) is 0 Å². The summed E-state index contributed by atoms with van der Waals surface area (Å²) in [5, 5.41) is 2.90. The number of hydrogen-bond donors (Lipinski definition) is 1. The van der Waals surface area contributed by atoms with Gasteiger partial charge in [-0.3, -0.25) is 9.79 Å². The molecule has 17 heavy (non-hydrogen) atoms. The molecule has 1 amide bonds. The highest BCUT2D eigenvalue weighted by atomic mass is 16.1. The van der Waals surface area contributed by atoms with Gasteiger partial charge in [0.2, 0.25) is 5.91 Å². The molecule has 0 fully saturated rings. The lowest BCUT2D eigenvalue weighted by molar-refractivity contribution is -0.117. The Morgan fingerprint density at radius 1 is 1.35 bits per heavy atom. The Labute approximate surface area is 103 Å². The first-order valence-corrected chi connectivity index (χ1v) is 5.91. The molecule has 3 nitrogen and oxygen atoms in total. The summed E-state index contributed by atoms with van der Waals surface area (Å²) in [6, 6.07) is 7.78. The van der Waals surface area contributed by atoms with E-state index in [0.717, 1.165) is 17.8 Å². The number of nitrogens with zero attached hydrogens (tertiary/aromatic N) is 1. The van der Waals surface area contributed by atoms with Gasteiger partial charge >= 0.3 is 0 Å². The summed E-state index contributed by atoms with van der Waals surface area (Å²) in [4.78, 5) is 16.1. The van der Waals surface area contributed by atoms with E-state index in [1.165, 1.54) is 5.56 Å². The van der Waals surface area contributed by atoms with E-state index in [4.69, 9.17) is 0 Å². The fourth-order valence-corrected chi connectivity index (χ4v) is 1.70. The van der Waals surface area contributed by atoms with Crippen molar-refractivity contribution in [3.8, 4) is 0 Å². The summed E-state index contributed by atoms with van der Waals surface area (Å²) in [6.45, 7) is 5.92. The molecule has 0 aliphatic carbocycles. The van der Waals surface area contributed by atoms with Crippen molar-refractivity contribution in [1.29, 1.82) is 0 Å². The third kappa shape index (κ3) is 3.70. The number of aryl methyl sites for hydroxylation is 1. The monoisotopic (exact) mass is 232 g/mol. The van der Waals surface area contributed by atoms with Crippen molar-refractivity contribution in [3.05, 3.63) is 29.8 Å². The minimum absolute atomic E-state index is 0.00342. The molecule has 0 aliphatic rings. The smallest absolute Gasteiger partial charge is 0.232 e. The largest absolute Gasteiger partial charge is 0.326 e. The minimum Gasteiger partial charge on any atom is -0.326 e. The number of nitrogens with one attached hydrogen (secondary N) is 1. The van der Waals surface area contributed by atoms with Gasteiger partial charge in [-0.1, -0.05) is 24.6 Å². The lowest BCUT2D eigenvalue weighted by Gasteiger charge is -2.13. The first kappa shape index (κ1) is 13.4. The van der Waals surface area contributed by atoms with Gasteiger partial charge in [0.15, 0.2) is 0 Å². The molecule has 0 saturated heterocycles. The van der Waals surface area contributed by atoms with E-state index in [1.807, 2.05) is 45.0 Å². The SMILES string of the molecule is CCC(=NC)C(C)C(=O)Nc1ccc(C)cc1. The van der Waals surface area contributed by atoms with Crippen molar-refractivity contribution in [2.45, 2.75) is 27.2 Å². The Morgan fingerprint density at radius 3 is 2.41 bits per heavy atom. The molecule has 0 saturated carbocycles. The van der Waals surface area contributed by atoms with E-state index in [2.05, 4.69) is 10.3 Å². The van der Waals surface area contributed by atoms with Crippen LogP contribution in [-0.2, 0) is 4.79 Å². The number of rotatable bonds is 4. The van der Waals surface area contributed by atoms with Gasteiger partial charge in [-0.05, 0) is 32.4 Å². The van der Waals surface area contributed by atoms with Crippen molar-refractivity contribution in [2.24, 2.45) is 10.9 Å². The fourth-order valence-electron chi connectivity index (χ4n) is 1.70. The van der Waals surface area contributed by atoms with Crippen LogP contribution in [0.4, 0.5) is 5.69 Å². The molecular formula is C14H20N2O. The predicted molar refractivity (Wildman–Crippen MR) is 72.6 cm³/mol. The normalized spacial score (nSPS) is 13.3. The summed E-state index contributed by atoms with van der Waals surface area (Å²) in [5.41, 5.74) is 2.94. The van der Waals surface area contributed by atoms with Crippen LogP contribution in [-0.4, -0.2) is 18.7 Å². The lowest BCUT2D eigenvalue weighted by Crippen LogP contribution is -2.27. The van der Waals surface area contributed by atoms with Gasteiger partial charge in [0.1, 0.15) is 0 Å². The zero-order valence-corrected chi connectivity index (χ0v) is 10.9. The second kappa shape index (κ2) is 6.18. The van der Waals surface area contributed by atoms with Crippen molar-refractivity contribution < 1.29 is 4.79 Å². The maximum atomic E-state index is 12.0. The first-order valence-electron chi connectivity index (χ1n) is 5.91. The molecule has 1 aromatic rings. The maximum absolute atomic E-state index is 12.0. The van der Waals surface area contributed by atoms with Crippen molar-refractivity contribution >= 4 is 17.3 Å². The van der Waals surface area contributed by atoms with Gasteiger partial charge in [-0.2, -0.15) is 0 Å². The lowest BCUT2D eigenvalue weighted by atomic mass is 10.0. The quantitative estimate of drug-likeness (QED) is 0.796. The number of hydrogen-bond acceptors (Lipinski definition) is 2. The molecule has 1 N–H and O–H groups in total. The van der Waals surface area contributed by atoms with E-state index in [1.54, 1.807) is 7.05 Å². The number of benzene rings is 1. The van der Waals surface area contributed by atoms with Crippen LogP contribution >= 0.6 is 0 Å². The minimum atomic E-state index is -0.175. The highest BCUT2D eigenvalue weighted by Gasteiger charge is 2.17. The molecule has 1 unspecified atom stereocenters. The Hall–Kier alpha value is -1.64. The molecule has 1 rings (SSSR count). The van der Waals surface area contributed by atoms with E-state index in [9.17, 15) is 4.79 Å². The summed E-state index contributed by atoms with van der Waals surface area (Å²) in [7, 11) is 1.73. The number of carbonyl (C=O) groups excluding carboxylic acids is 1. The topological polar surface area (TPSA) is 41.5 Å². The summed E-state index contributed by atoms with van der Waals surface area (Å²) < 4.78 is 0. The van der Waals surface area contributed by atoms with E-state index in [0.29, 0.717) is 0 Å². The molecule has 92 valence electrons. The Morgan fingerprint density at radius 2 is 1.94 bits per heavy atom. The van der Waals surface area contributed by atoms with Crippen LogP contribution in [0.3, 0.4) is 0 Å². The third-order valence-corrected chi connectivity index (χ3v) is 2.86. The van der Waals surface area contributed by atoms with Crippen LogP contribution in [0.25, 0.3) is 0 Å². The molecule has 3 heteroatoms. The Bertz CT molecular complexity index is 407. The molecule has 0 spiro atoms. The van der Waals surface area contributed by atoms with Gasteiger partial charge in [0, 0.05) is 18.4 Å². The highest BCUT2D eigenvalue weighted by Crippen LogP contribution is 2.11. The Balaban J connectivity index is 2.69. The van der Waals surface area contributed by atoms with Crippen molar-refractivity contribution in [1.82, 2.24) is 0 Å². The number of aliphatic imine (C=N–C) groups is 1. The second-order valence-corrected chi connectivity index (χ2v) is 4.15. The van der Waals surface area contributed by atoms with Gasteiger partial charge in [-0.25, -0.2) is 0 Å². The maximum Gasteiger partial charge on any atom is 0.232 e. The number of anilines is 1. The van der Waals surface area contributed by atoms with E-state index in [-0.39, 0.29) is 11.8 Å². The summed E-state index contributed by atoms with van der Waals surface area (Å²) in [5.74, 6) is -0.178. The van der Waals surface area contributed by atoms with Crippen LogP contribution < -0.4 is 5.32 Å². The average Bonchev–Trinajstić information content (AvgIpc) is 2.33. The van der Waals surface area contributed by atoms with Gasteiger partial charge < -0.3 is 5.32 Å². The fraction of sp³-hybridized carbons (Fsp3) is 0.429. The predicted octanol–water partition coefficient (Wildman–Crippen LogP) is 3.05. The van der Waals surface area contributed by atoms with Crippen molar-refractivity contribution in [2.75, 3.05) is 12.4 Å². The van der Waals surface area contributed by atoms with E-state index < -0.39 is 0 Å². The zero-order valence-electron chi connectivity index (χ0n) is 10.9. The molecule has 0 heterocycles. The molecular weight excluding hydrogens is 212 g/mol. The van der Waals surface area contributed by atoms with Crippen LogP contribution in [0.15, 0.2) is 29.3 Å². The average molecular weight is 232 g/mol. The highest BCUT2D eigenvalue weighted by molar-refractivity contribution is 6.08. The first-order chi connectivity index (χ1) is 8.08. The molecule has 0 bridgehead atoms. The molecule has 0 aliphatic heterocycles. The third-order valence-electron chi connectivity index (χ3n) is 2.86. The number of amides is 1. The van der Waals surface area contributed by atoms with Crippen LogP contribution in [0.1, 0.15) is 25.8 Å². The molecule has 1 aromatic carbocycles. The van der Waals surface area contributed by atoms with Crippen LogP contribution in [0.2, 0.25) is 0 Å². The molecule has 0 radical (unpaired) electrons. The van der Waals surface area contributed by atoms with Gasteiger partial charge in [0.25, 0.3) is 0 Å². The standard InChI is InChI=1S/C14H20N2O/c1-5-13(15-4)11(3)14(17)16-12-8-6-10(2)7-9-12/h6-9,11H,5H2,1-4H3,(H,16,17). The summed E-state index contributed by atoms with van der Waals surface area (Å²) >= 11 is 0. The van der Waals surface area contributed by atoms with Gasteiger partial charge in [-0.15, -0.1) is 0 Å². The molecule has 0 aromatic heterocycles. The summed E-state index contributed by atoms with van der Waals surface area (Å²) in [6.07, 6.45) is 0.805. The van der Waals surface area contributed by atoms with Crippen LogP contribution in [0, 0.1) is 12.8 Å². The van der Waals surface area contributed by atoms with Gasteiger partial charge in [0.05, 0.1) is 5.92 Å². The molecule has 1 atom stereocenters. The second-order valence-electron chi connectivity index (χ2n) is 4.15. The number of carbonyl (C=O) groups is 1. The van der Waals surface area contributed by atoms with Crippen LogP contribution in [0.5, 0.6) is 0 Å². The van der Waals surface area contributed by atoms with E-state index >= 15 is 0 Å². The zero-order chi connectivity index (χ0) is 12.8.